The standard InChI is InChI=1S/C21H28F2N4O2/c22-21(23)14-7-11(8-15(14)21)20(29)25-13-6-5-12(9-13)24-19(28)10-18-26-16-3-1-2-4-17(16)27-18/h11-15H,1-10H2,(H,24,28)(H,25,29)(H,26,27)/t11?,12-,13+,14-,15+/m0/s1. The van der Waals surface area contributed by atoms with Gasteiger partial charge in [0.2, 0.25) is 11.8 Å². The number of fused-ring (bicyclic) bond motifs is 2. The van der Waals surface area contributed by atoms with E-state index in [4.69, 9.17) is 0 Å². The predicted octanol–water partition coefficient (Wildman–Crippen LogP) is 2.28. The highest BCUT2D eigenvalue weighted by Gasteiger charge is 2.72. The van der Waals surface area contributed by atoms with Crippen LogP contribution in [0.15, 0.2) is 0 Å². The van der Waals surface area contributed by atoms with Gasteiger partial charge in [-0.15, -0.1) is 0 Å². The van der Waals surface area contributed by atoms with Crippen molar-refractivity contribution >= 4 is 11.8 Å². The number of halogens is 2. The minimum atomic E-state index is -2.53. The number of aromatic nitrogens is 2. The number of carbonyl (C=O) groups is 2. The molecule has 4 aliphatic carbocycles. The van der Waals surface area contributed by atoms with E-state index in [0.717, 1.165) is 43.6 Å². The molecule has 1 unspecified atom stereocenters. The van der Waals surface area contributed by atoms with Crippen molar-refractivity contribution in [2.75, 3.05) is 0 Å². The quantitative estimate of drug-likeness (QED) is 0.701. The fraction of sp³-hybridized carbons (Fsp3) is 0.762. The molecule has 2 amide bonds. The second kappa shape index (κ2) is 7.06. The molecule has 5 atom stereocenters. The molecule has 0 saturated heterocycles. The fourth-order valence-corrected chi connectivity index (χ4v) is 5.62. The topological polar surface area (TPSA) is 86.9 Å². The van der Waals surface area contributed by atoms with Gasteiger partial charge in [0.25, 0.3) is 5.92 Å². The van der Waals surface area contributed by atoms with E-state index in [1.807, 2.05) is 0 Å². The highest BCUT2D eigenvalue weighted by molar-refractivity contribution is 5.80. The minimum absolute atomic E-state index is 0.0150. The van der Waals surface area contributed by atoms with Gasteiger partial charge in [0.15, 0.2) is 0 Å². The first kappa shape index (κ1) is 19.0. The number of rotatable bonds is 5. The zero-order chi connectivity index (χ0) is 20.2. The maximum absolute atomic E-state index is 13.3. The molecule has 29 heavy (non-hydrogen) atoms. The van der Waals surface area contributed by atoms with Crippen LogP contribution in [0.4, 0.5) is 8.78 Å². The molecule has 0 aromatic carbocycles. The summed E-state index contributed by atoms with van der Waals surface area (Å²) >= 11 is 0. The van der Waals surface area contributed by atoms with E-state index < -0.39 is 17.8 Å². The molecule has 0 bridgehead atoms. The van der Waals surface area contributed by atoms with E-state index in [0.29, 0.717) is 19.3 Å². The van der Waals surface area contributed by atoms with E-state index in [9.17, 15) is 18.4 Å². The van der Waals surface area contributed by atoms with Gasteiger partial charge in [0.05, 0.1) is 12.1 Å². The highest BCUT2D eigenvalue weighted by atomic mass is 19.3. The number of H-pyrrole nitrogens is 1. The predicted molar refractivity (Wildman–Crippen MR) is 101 cm³/mol. The molecule has 0 aliphatic heterocycles. The molecule has 8 heteroatoms. The second-order valence-electron chi connectivity index (χ2n) is 9.33. The number of hydrogen-bond donors (Lipinski definition) is 3. The van der Waals surface area contributed by atoms with E-state index in [1.165, 1.54) is 12.1 Å². The Bertz CT molecular complexity index is 786. The number of carbonyl (C=O) groups excluding carboxylic acids is 2. The first-order chi connectivity index (χ1) is 13.9. The third-order valence-electron chi connectivity index (χ3n) is 7.29. The Labute approximate surface area is 168 Å². The van der Waals surface area contributed by atoms with Crippen molar-refractivity contribution in [1.29, 1.82) is 0 Å². The van der Waals surface area contributed by atoms with Crippen molar-refractivity contribution in [2.24, 2.45) is 17.8 Å². The number of hydrogen-bond acceptors (Lipinski definition) is 3. The van der Waals surface area contributed by atoms with E-state index in [-0.39, 0.29) is 36.2 Å². The van der Waals surface area contributed by atoms with Gasteiger partial charge in [0, 0.05) is 35.5 Å². The van der Waals surface area contributed by atoms with Crippen molar-refractivity contribution in [3.8, 4) is 0 Å². The summed E-state index contributed by atoms with van der Waals surface area (Å²) in [5, 5.41) is 6.08. The molecule has 1 aromatic rings. The summed E-state index contributed by atoms with van der Waals surface area (Å²) in [6.07, 6.45) is 7.50. The Morgan fingerprint density at radius 3 is 2.45 bits per heavy atom. The minimum Gasteiger partial charge on any atom is -0.353 e. The summed E-state index contributed by atoms with van der Waals surface area (Å²) in [7, 11) is 0. The number of imidazole rings is 1. The zero-order valence-electron chi connectivity index (χ0n) is 16.5. The van der Waals surface area contributed by atoms with E-state index in [2.05, 4.69) is 20.6 Å². The molecule has 3 N–H and O–H groups in total. The van der Waals surface area contributed by atoms with Gasteiger partial charge >= 0.3 is 0 Å². The lowest BCUT2D eigenvalue weighted by Gasteiger charge is -2.19. The smallest absolute Gasteiger partial charge is 0.254 e. The first-order valence-electron chi connectivity index (χ1n) is 10.9. The van der Waals surface area contributed by atoms with Gasteiger partial charge in [-0.05, 0) is 57.8 Å². The molecular weight excluding hydrogens is 378 g/mol. The highest BCUT2D eigenvalue weighted by Crippen LogP contribution is 2.65. The van der Waals surface area contributed by atoms with Crippen molar-refractivity contribution < 1.29 is 18.4 Å². The van der Waals surface area contributed by atoms with Crippen LogP contribution in [0.2, 0.25) is 0 Å². The van der Waals surface area contributed by atoms with Crippen molar-refractivity contribution in [2.45, 2.75) is 82.2 Å². The number of nitrogens with zero attached hydrogens (tertiary/aromatic N) is 1. The van der Waals surface area contributed by atoms with Gasteiger partial charge in [-0.2, -0.15) is 0 Å². The molecule has 5 rings (SSSR count). The molecule has 1 aromatic heterocycles. The first-order valence-corrected chi connectivity index (χ1v) is 10.9. The van der Waals surface area contributed by atoms with Crippen LogP contribution < -0.4 is 10.6 Å². The lowest BCUT2D eigenvalue weighted by atomic mass is 10.0. The number of nitrogens with one attached hydrogen (secondary N) is 3. The van der Waals surface area contributed by atoms with Crippen LogP contribution in [0.3, 0.4) is 0 Å². The normalized spacial score (nSPS) is 34.3. The lowest BCUT2D eigenvalue weighted by molar-refractivity contribution is -0.126. The Kier molecular flexibility index (Phi) is 4.62. The third kappa shape index (κ3) is 3.66. The Morgan fingerprint density at radius 1 is 1.03 bits per heavy atom. The molecule has 3 fully saturated rings. The zero-order valence-corrected chi connectivity index (χ0v) is 16.5. The molecule has 1 heterocycles. The lowest BCUT2D eigenvalue weighted by Crippen LogP contribution is -2.40. The average molecular weight is 406 g/mol. The molecule has 158 valence electrons. The van der Waals surface area contributed by atoms with Gasteiger partial charge in [0.1, 0.15) is 5.82 Å². The fourth-order valence-electron chi connectivity index (χ4n) is 5.62. The monoisotopic (exact) mass is 406 g/mol. The number of alkyl halides is 2. The molecule has 4 aliphatic rings. The summed E-state index contributed by atoms with van der Waals surface area (Å²) in [5.41, 5.74) is 2.27. The maximum atomic E-state index is 13.3. The van der Waals surface area contributed by atoms with Crippen molar-refractivity contribution in [3.63, 3.8) is 0 Å². The van der Waals surface area contributed by atoms with Crippen molar-refractivity contribution in [1.82, 2.24) is 20.6 Å². The maximum Gasteiger partial charge on any atom is 0.254 e. The van der Waals surface area contributed by atoms with Gasteiger partial charge in [-0.25, -0.2) is 13.8 Å². The number of amides is 2. The van der Waals surface area contributed by atoms with Crippen LogP contribution >= 0.6 is 0 Å². The second-order valence-corrected chi connectivity index (χ2v) is 9.33. The van der Waals surface area contributed by atoms with Crippen LogP contribution in [-0.4, -0.2) is 39.8 Å². The summed E-state index contributed by atoms with van der Waals surface area (Å²) in [5.74, 6) is -3.39. The summed E-state index contributed by atoms with van der Waals surface area (Å²) in [6, 6.07) is 0.0554. The third-order valence-corrected chi connectivity index (χ3v) is 7.29. The number of aromatic amines is 1. The summed E-state index contributed by atoms with van der Waals surface area (Å²) < 4.78 is 26.6. The largest absolute Gasteiger partial charge is 0.353 e. The van der Waals surface area contributed by atoms with E-state index in [1.54, 1.807) is 0 Å². The molecule has 3 saturated carbocycles. The molecular formula is C21H28F2N4O2. The van der Waals surface area contributed by atoms with Crippen LogP contribution in [0.25, 0.3) is 0 Å². The van der Waals surface area contributed by atoms with Crippen molar-refractivity contribution in [3.05, 3.63) is 17.2 Å². The van der Waals surface area contributed by atoms with Gasteiger partial charge < -0.3 is 15.6 Å². The summed E-state index contributed by atoms with van der Waals surface area (Å²) in [6.45, 7) is 0. The Hall–Kier alpha value is -1.99. The SMILES string of the molecule is O=C(Cc1nc2c([nH]1)CCCC2)N[C@H]1CC[C@@H](NC(=O)C2C[C@@H]3[C@H](C2)C3(F)F)C1. The van der Waals surface area contributed by atoms with Crippen LogP contribution in [0.1, 0.15) is 62.2 Å². The van der Waals surface area contributed by atoms with E-state index >= 15 is 0 Å². The Balaban J connectivity index is 1.06. The summed E-state index contributed by atoms with van der Waals surface area (Å²) in [4.78, 5) is 32.6. The van der Waals surface area contributed by atoms with Crippen LogP contribution in [0, 0.1) is 17.8 Å². The van der Waals surface area contributed by atoms with Gasteiger partial charge in [-0.3, -0.25) is 9.59 Å². The molecule has 0 radical (unpaired) electrons. The average Bonchev–Trinajstić information content (AvgIpc) is 3.21. The van der Waals surface area contributed by atoms with Gasteiger partial charge in [-0.1, -0.05) is 0 Å². The van der Waals surface area contributed by atoms with Crippen LogP contribution in [0.5, 0.6) is 0 Å². The Morgan fingerprint density at radius 2 is 1.72 bits per heavy atom. The molecule has 0 spiro atoms. The number of aryl methyl sites for hydroxylation is 2. The molecule has 6 nitrogen and oxygen atoms in total. The van der Waals surface area contributed by atoms with Crippen LogP contribution in [-0.2, 0) is 28.9 Å².